The number of benzene rings is 1. The number of carbonyl (C=O) groups excluding carboxylic acids is 3. The van der Waals surface area contributed by atoms with Gasteiger partial charge in [0, 0.05) is 56.0 Å². The minimum Gasteiger partial charge on any atom is -0.489 e. The molecule has 8 nitrogen and oxygen atoms in total. The average molecular weight is 509 g/mol. The number of nitrogens with zero attached hydrogens (tertiary/aromatic N) is 3. The third-order valence-corrected chi connectivity index (χ3v) is 8.23. The Balaban J connectivity index is 1.12. The van der Waals surface area contributed by atoms with Gasteiger partial charge in [-0.25, -0.2) is 0 Å². The lowest BCUT2D eigenvalue weighted by molar-refractivity contribution is -0.136. The molecule has 188 valence electrons. The Kier molecular flexibility index (Phi) is 6.17. The molecule has 4 aliphatic rings. The molecule has 1 N–H and O–H groups in total. The van der Waals surface area contributed by atoms with E-state index in [1.54, 1.807) is 11.1 Å². The van der Waals surface area contributed by atoms with Gasteiger partial charge in [-0.05, 0) is 61.1 Å². The standard InChI is InChI=1S/C27H29ClN4O4/c28-19-9-16(11-29-12-19)18-13-31(14-18)22-3-1-2-4-24(22)36-20-5-6-21-17(10-20)15-32(27(21)35)23-7-8-25(33)30-26(23)34/h5-6,9-12,18,22-24H,1-4,7-8,13-15H2,(H,30,33,34)/t22-,23-,24-/m1/s1. The number of pyridine rings is 1. The highest BCUT2D eigenvalue weighted by Gasteiger charge is 2.41. The highest BCUT2D eigenvalue weighted by Crippen LogP contribution is 2.37. The molecule has 1 aromatic heterocycles. The predicted molar refractivity (Wildman–Crippen MR) is 133 cm³/mol. The van der Waals surface area contributed by atoms with E-state index >= 15 is 0 Å². The number of ether oxygens (including phenoxy) is 1. The summed E-state index contributed by atoms with van der Waals surface area (Å²) in [6.45, 7) is 2.31. The summed E-state index contributed by atoms with van der Waals surface area (Å²) < 4.78 is 6.53. The zero-order valence-electron chi connectivity index (χ0n) is 20.0. The third kappa shape index (κ3) is 4.37. The first-order valence-electron chi connectivity index (χ1n) is 12.7. The smallest absolute Gasteiger partial charge is 0.255 e. The molecule has 9 heteroatoms. The highest BCUT2D eigenvalue weighted by atomic mass is 35.5. The Morgan fingerprint density at radius 1 is 1.03 bits per heavy atom. The summed E-state index contributed by atoms with van der Waals surface area (Å²) in [5.74, 6) is 0.373. The van der Waals surface area contributed by atoms with Crippen molar-refractivity contribution in [2.75, 3.05) is 13.1 Å². The van der Waals surface area contributed by atoms with Crippen LogP contribution in [0.4, 0.5) is 0 Å². The fourth-order valence-corrected chi connectivity index (χ4v) is 6.26. The lowest BCUT2D eigenvalue weighted by atomic mass is 9.85. The molecule has 1 aliphatic carbocycles. The number of rotatable bonds is 5. The van der Waals surface area contributed by atoms with Crippen LogP contribution in [0.2, 0.25) is 5.02 Å². The van der Waals surface area contributed by atoms with Gasteiger partial charge in [0.1, 0.15) is 17.9 Å². The Bertz CT molecular complexity index is 1210. The quantitative estimate of drug-likeness (QED) is 0.623. The van der Waals surface area contributed by atoms with E-state index in [2.05, 4.69) is 15.2 Å². The lowest BCUT2D eigenvalue weighted by Crippen LogP contribution is -2.57. The van der Waals surface area contributed by atoms with Crippen LogP contribution in [0.25, 0.3) is 0 Å². The van der Waals surface area contributed by atoms with Gasteiger partial charge in [-0.3, -0.25) is 29.6 Å². The number of halogens is 1. The second-order valence-corrected chi connectivity index (χ2v) is 10.8. The summed E-state index contributed by atoms with van der Waals surface area (Å²) >= 11 is 6.13. The first-order chi connectivity index (χ1) is 17.5. The van der Waals surface area contributed by atoms with Gasteiger partial charge in [-0.15, -0.1) is 0 Å². The van der Waals surface area contributed by atoms with Gasteiger partial charge in [0.15, 0.2) is 0 Å². The molecule has 3 aliphatic heterocycles. The minimum atomic E-state index is -0.608. The van der Waals surface area contributed by atoms with Crippen LogP contribution in [0.5, 0.6) is 5.75 Å². The van der Waals surface area contributed by atoms with Crippen LogP contribution in [-0.4, -0.2) is 63.8 Å². The molecule has 3 atom stereocenters. The molecule has 2 aromatic rings. The van der Waals surface area contributed by atoms with E-state index in [0.29, 0.717) is 35.5 Å². The van der Waals surface area contributed by atoms with E-state index in [-0.39, 0.29) is 24.3 Å². The number of nitrogens with one attached hydrogen (secondary N) is 1. The van der Waals surface area contributed by atoms with Gasteiger partial charge >= 0.3 is 0 Å². The number of aromatic nitrogens is 1. The number of piperidine rings is 1. The number of carbonyl (C=O) groups is 3. The van der Waals surface area contributed by atoms with Crippen LogP contribution in [0, 0.1) is 0 Å². The monoisotopic (exact) mass is 508 g/mol. The number of hydrogen-bond acceptors (Lipinski definition) is 6. The average Bonchev–Trinajstić information content (AvgIpc) is 3.15. The van der Waals surface area contributed by atoms with E-state index in [4.69, 9.17) is 16.3 Å². The number of likely N-dealkylation sites (tertiary alicyclic amines) is 1. The molecule has 3 fully saturated rings. The van der Waals surface area contributed by atoms with Crippen molar-refractivity contribution in [2.24, 2.45) is 0 Å². The maximum Gasteiger partial charge on any atom is 0.255 e. The Hall–Kier alpha value is -2.97. The maximum atomic E-state index is 13.0. The fourth-order valence-electron chi connectivity index (χ4n) is 6.08. The van der Waals surface area contributed by atoms with Crippen molar-refractivity contribution >= 4 is 29.3 Å². The third-order valence-electron chi connectivity index (χ3n) is 8.03. The molecule has 36 heavy (non-hydrogen) atoms. The number of imide groups is 1. The topological polar surface area (TPSA) is 91.8 Å². The summed E-state index contributed by atoms with van der Waals surface area (Å²) in [5, 5.41) is 3.03. The molecule has 6 rings (SSSR count). The van der Waals surface area contributed by atoms with Crippen LogP contribution in [0.3, 0.4) is 0 Å². The molecule has 1 aromatic carbocycles. The van der Waals surface area contributed by atoms with Crippen LogP contribution >= 0.6 is 11.6 Å². The largest absolute Gasteiger partial charge is 0.489 e. The molecule has 0 unspecified atom stereocenters. The zero-order valence-corrected chi connectivity index (χ0v) is 20.7. The second-order valence-electron chi connectivity index (χ2n) is 10.3. The van der Waals surface area contributed by atoms with Crippen molar-refractivity contribution in [2.45, 2.75) is 69.2 Å². The minimum absolute atomic E-state index is 0.0959. The van der Waals surface area contributed by atoms with Crippen molar-refractivity contribution in [1.82, 2.24) is 20.1 Å². The second kappa shape index (κ2) is 9.48. The van der Waals surface area contributed by atoms with Crippen molar-refractivity contribution in [3.8, 4) is 5.75 Å². The van der Waals surface area contributed by atoms with E-state index < -0.39 is 11.9 Å². The van der Waals surface area contributed by atoms with Crippen molar-refractivity contribution in [3.05, 3.63) is 58.4 Å². The van der Waals surface area contributed by atoms with Crippen molar-refractivity contribution < 1.29 is 19.1 Å². The molecule has 0 spiro atoms. The van der Waals surface area contributed by atoms with E-state index in [0.717, 1.165) is 43.7 Å². The molecule has 4 heterocycles. The van der Waals surface area contributed by atoms with Crippen molar-refractivity contribution in [3.63, 3.8) is 0 Å². The van der Waals surface area contributed by atoms with Crippen molar-refractivity contribution in [1.29, 1.82) is 0 Å². The summed E-state index contributed by atoms with van der Waals surface area (Å²) in [4.78, 5) is 45.1. The van der Waals surface area contributed by atoms with Gasteiger partial charge in [0.25, 0.3) is 5.91 Å². The number of amides is 3. The van der Waals surface area contributed by atoms with Gasteiger partial charge in [0.05, 0.1) is 5.02 Å². The number of fused-ring (bicyclic) bond motifs is 1. The maximum absolute atomic E-state index is 13.0. The summed E-state index contributed by atoms with van der Waals surface area (Å²) in [6.07, 6.45) is 8.74. The molecule has 1 saturated carbocycles. The van der Waals surface area contributed by atoms with Gasteiger partial charge < -0.3 is 9.64 Å². The van der Waals surface area contributed by atoms with Crippen LogP contribution in [0.15, 0.2) is 36.7 Å². The van der Waals surface area contributed by atoms with Crippen LogP contribution in [-0.2, 0) is 16.1 Å². The summed E-state index contributed by atoms with van der Waals surface area (Å²) in [7, 11) is 0. The Labute approximate surface area is 214 Å². The molecular weight excluding hydrogens is 480 g/mol. The number of hydrogen-bond donors (Lipinski definition) is 1. The molecule has 2 saturated heterocycles. The van der Waals surface area contributed by atoms with Gasteiger partial charge in [-0.1, -0.05) is 18.0 Å². The Morgan fingerprint density at radius 2 is 1.86 bits per heavy atom. The molecule has 3 amide bonds. The fraction of sp³-hybridized carbons (Fsp3) is 0.481. The van der Waals surface area contributed by atoms with E-state index in [9.17, 15) is 14.4 Å². The van der Waals surface area contributed by atoms with E-state index in [1.807, 2.05) is 30.5 Å². The normalized spacial score (nSPS) is 27.0. The molecule has 0 radical (unpaired) electrons. The molecular formula is C27H29ClN4O4. The van der Waals surface area contributed by atoms with Crippen LogP contribution < -0.4 is 10.1 Å². The van der Waals surface area contributed by atoms with Crippen LogP contribution in [0.1, 0.15) is 65.9 Å². The highest BCUT2D eigenvalue weighted by molar-refractivity contribution is 6.30. The summed E-state index contributed by atoms with van der Waals surface area (Å²) in [6, 6.07) is 7.38. The van der Waals surface area contributed by atoms with E-state index in [1.165, 1.54) is 12.0 Å². The first-order valence-corrected chi connectivity index (χ1v) is 13.1. The SMILES string of the molecule is O=C1CC[C@@H](N2Cc3cc(O[C@@H]4CCCC[C@H]4N4CC(c5cncc(Cl)c5)C4)ccc3C2=O)C(=O)N1. The Morgan fingerprint density at radius 3 is 2.67 bits per heavy atom. The zero-order chi connectivity index (χ0) is 24.8. The first kappa shape index (κ1) is 23.4. The lowest BCUT2D eigenvalue weighted by Gasteiger charge is -2.48. The summed E-state index contributed by atoms with van der Waals surface area (Å²) in [5.41, 5.74) is 2.66. The van der Waals surface area contributed by atoms with Gasteiger partial charge in [0.2, 0.25) is 11.8 Å². The molecule has 0 bridgehead atoms. The van der Waals surface area contributed by atoms with Gasteiger partial charge in [-0.2, -0.15) is 0 Å². The predicted octanol–water partition coefficient (Wildman–Crippen LogP) is 3.29.